The van der Waals surface area contributed by atoms with Gasteiger partial charge < -0.3 is 14.8 Å². The van der Waals surface area contributed by atoms with Crippen LogP contribution in [0.15, 0.2) is 42.9 Å². The van der Waals surface area contributed by atoms with Gasteiger partial charge in [0.05, 0.1) is 0 Å². The zero-order valence-corrected chi connectivity index (χ0v) is 12.3. The third kappa shape index (κ3) is 2.74. The molecule has 0 unspecified atom stereocenters. The second-order valence-electron chi connectivity index (χ2n) is 4.93. The summed E-state index contributed by atoms with van der Waals surface area (Å²) in [7, 11) is 0. The normalized spacial score (nSPS) is 17.4. The van der Waals surface area contributed by atoms with Crippen LogP contribution in [0.5, 0.6) is 0 Å². The predicted octanol–water partition coefficient (Wildman–Crippen LogP) is 2.24. The number of nitrogens with zero attached hydrogens (tertiary/aromatic N) is 3. The number of rotatable bonds is 3. The maximum atomic E-state index is 12.4. The molecule has 1 N–H and O–H groups in total. The highest BCUT2D eigenvalue weighted by molar-refractivity contribution is 6.18. The van der Waals surface area contributed by atoms with Gasteiger partial charge in [-0.1, -0.05) is 6.07 Å². The quantitative estimate of drug-likeness (QED) is 0.884. The molecular formula is C15H17ClN4O. The van der Waals surface area contributed by atoms with Crippen LogP contribution in [0.4, 0.5) is 4.79 Å². The largest absolute Gasteiger partial charge is 0.348 e. The molecule has 3 rings (SSSR count). The van der Waals surface area contributed by atoms with Gasteiger partial charge in [-0.2, -0.15) is 0 Å². The van der Waals surface area contributed by atoms with Crippen molar-refractivity contribution in [3.63, 3.8) is 0 Å². The lowest BCUT2D eigenvalue weighted by atomic mass is 10.0. The second-order valence-corrected chi connectivity index (χ2v) is 5.31. The molecule has 0 bridgehead atoms. The predicted molar refractivity (Wildman–Crippen MR) is 81.3 cm³/mol. The Morgan fingerprint density at radius 3 is 3.05 bits per heavy atom. The van der Waals surface area contributed by atoms with E-state index >= 15 is 0 Å². The number of aromatic nitrogens is 2. The Balaban J connectivity index is 1.95. The van der Waals surface area contributed by atoms with Gasteiger partial charge in [-0.15, -0.1) is 11.6 Å². The molecule has 1 aliphatic heterocycles. The van der Waals surface area contributed by atoms with Gasteiger partial charge in [-0.25, -0.2) is 4.79 Å². The zero-order valence-electron chi connectivity index (χ0n) is 11.6. The zero-order chi connectivity index (χ0) is 14.7. The molecule has 0 radical (unpaired) electrons. The molecule has 0 saturated heterocycles. The van der Waals surface area contributed by atoms with Gasteiger partial charge in [0.15, 0.2) is 0 Å². The number of urea groups is 1. The molecule has 0 aromatic carbocycles. The summed E-state index contributed by atoms with van der Waals surface area (Å²) in [5.74, 6) is 0.410. The number of amides is 2. The number of carbonyl (C=O) groups excluding carboxylic acids is 1. The van der Waals surface area contributed by atoms with Crippen molar-refractivity contribution in [1.29, 1.82) is 0 Å². The first-order chi connectivity index (χ1) is 10.3. The smallest absolute Gasteiger partial charge is 0.318 e. The second kappa shape index (κ2) is 6.18. The molecule has 0 aliphatic carbocycles. The fourth-order valence-corrected chi connectivity index (χ4v) is 2.84. The van der Waals surface area contributed by atoms with E-state index < -0.39 is 0 Å². The fraction of sp³-hybridized carbons (Fsp3) is 0.333. The van der Waals surface area contributed by atoms with Crippen LogP contribution in [-0.2, 0) is 6.54 Å². The van der Waals surface area contributed by atoms with Crippen molar-refractivity contribution in [3.8, 4) is 0 Å². The number of alkyl halides is 1. The average molecular weight is 305 g/mol. The number of pyridine rings is 1. The summed E-state index contributed by atoms with van der Waals surface area (Å²) in [5.41, 5.74) is 2.12. The highest BCUT2D eigenvalue weighted by atomic mass is 35.5. The highest BCUT2D eigenvalue weighted by Gasteiger charge is 2.31. The molecule has 1 atom stereocenters. The SMILES string of the molecule is O=C(NCCCl)N1CCn2cccc2[C@@H]1c1cccnc1. The van der Waals surface area contributed by atoms with Crippen LogP contribution in [0.25, 0.3) is 0 Å². The van der Waals surface area contributed by atoms with E-state index in [1.54, 1.807) is 6.20 Å². The van der Waals surface area contributed by atoms with Crippen molar-refractivity contribution in [2.75, 3.05) is 19.0 Å². The molecule has 0 saturated carbocycles. The number of halogens is 1. The summed E-state index contributed by atoms with van der Waals surface area (Å²) >= 11 is 5.65. The van der Waals surface area contributed by atoms with Gasteiger partial charge in [0.2, 0.25) is 0 Å². The molecule has 6 heteroatoms. The summed E-state index contributed by atoms with van der Waals surface area (Å²) in [6, 6.07) is 7.76. The Kier molecular flexibility index (Phi) is 4.10. The molecule has 2 aromatic heterocycles. The molecule has 110 valence electrons. The Bertz CT molecular complexity index is 613. The summed E-state index contributed by atoms with van der Waals surface area (Å²) in [6.07, 6.45) is 5.60. The summed E-state index contributed by atoms with van der Waals surface area (Å²) in [6.45, 7) is 1.93. The van der Waals surface area contributed by atoms with Crippen LogP contribution in [0.3, 0.4) is 0 Å². The van der Waals surface area contributed by atoms with Crippen LogP contribution in [0.1, 0.15) is 17.3 Å². The fourth-order valence-electron chi connectivity index (χ4n) is 2.75. The summed E-state index contributed by atoms with van der Waals surface area (Å²) < 4.78 is 2.18. The third-order valence-corrected chi connectivity index (χ3v) is 3.86. The van der Waals surface area contributed by atoms with E-state index in [1.807, 2.05) is 35.5 Å². The van der Waals surface area contributed by atoms with E-state index in [1.165, 1.54) is 0 Å². The minimum atomic E-state index is -0.113. The van der Waals surface area contributed by atoms with Crippen LogP contribution in [0.2, 0.25) is 0 Å². The van der Waals surface area contributed by atoms with Crippen molar-refractivity contribution < 1.29 is 4.79 Å². The summed E-state index contributed by atoms with van der Waals surface area (Å²) in [4.78, 5) is 18.4. The maximum Gasteiger partial charge on any atom is 0.318 e. The lowest BCUT2D eigenvalue weighted by Crippen LogP contribution is -2.47. The standard InChI is InChI=1S/C15H17ClN4O/c16-5-7-18-15(21)20-10-9-19-8-2-4-13(19)14(20)12-3-1-6-17-11-12/h1-4,6,8,11,14H,5,7,9-10H2,(H,18,21)/t14-/m0/s1. The topological polar surface area (TPSA) is 50.2 Å². The van der Waals surface area contributed by atoms with Gasteiger partial charge >= 0.3 is 6.03 Å². The van der Waals surface area contributed by atoms with E-state index in [9.17, 15) is 4.79 Å². The monoisotopic (exact) mass is 304 g/mol. The lowest BCUT2D eigenvalue weighted by Gasteiger charge is -2.37. The minimum absolute atomic E-state index is 0.0862. The van der Waals surface area contributed by atoms with Crippen molar-refractivity contribution in [2.45, 2.75) is 12.6 Å². The summed E-state index contributed by atoms with van der Waals surface area (Å²) in [5, 5.41) is 2.85. The van der Waals surface area contributed by atoms with Gasteiger partial charge in [-0.05, 0) is 23.8 Å². The first-order valence-corrected chi connectivity index (χ1v) is 7.50. The Hall–Kier alpha value is -2.01. The van der Waals surface area contributed by atoms with E-state index in [2.05, 4.69) is 20.9 Å². The van der Waals surface area contributed by atoms with Crippen LogP contribution < -0.4 is 5.32 Å². The van der Waals surface area contributed by atoms with E-state index in [4.69, 9.17) is 11.6 Å². The van der Waals surface area contributed by atoms with Crippen LogP contribution in [0, 0.1) is 0 Å². The maximum absolute atomic E-state index is 12.4. The van der Waals surface area contributed by atoms with Crippen LogP contribution >= 0.6 is 11.6 Å². The van der Waals surface area contributed by atoms with Crippen LogP contribution in [-0.4, -0.2) is 39.5 Å². The van der Waals surface area contributed by atoms with Crippen molar-refractivity contribution in [1.82, 2.24) is 19.8 Å². The van der Waals surface area contributed by atoms with Gasteiger partial charge in [0.1, 0.15) is 6.04 Å². The first-order valence-electron chi connectivity index (χ1n) is 6.96. The average Bonchev–Trinajstić information content (AvgIpc) is 3.01. The van der Waals surface area contributed by atoms with Gasteiger partial charge in [-0.3, -0.25) is 4.98 Å². The Labute approximate surface area is 128 Å². The molecular weight excluding hydrogens is 288 g/mol. The molecule has 0 spiro atoms. The number of carbonyl (C=O) groups is 1. The molecule has 1 aliphatic rings. The van der Waals surface area contributed by atoms with Crippen molar-refractivity contribution in [2.24, 2.45) is 0 Å². The van der Waals surface area contributed by atoms with Gasteiger partial charge in [0, 0.05) is 49.8 Å². The molecule has 2 amide bonds. The first kappa shape index (κ1) is 13.9. The number of hydrogen-bond donors (Lipinski definition) is 1. The molecule has 0 fully saturated rings. The Morgan fingerprint density at radius 2 is 2.29 bits per heavy atom. The minimum Gasteiger partial charge on any atom is -0.348 e. The van der Waals surface area contributed by atoms with E-state index in [0.717, 1.165) is 17.8 Å². The van der Waals surface area contributed by atoms with Gasteiger partial charge in [0.25, 0.3) is 0 Å². The molecule has 5 nitrogen and oxygen atoms in total. The lowest BCUT2D eigenvalue weighted by molar-refractivity contribution is 0.169. The highest BCUT2D eigenvalue weighted by Crippen LogP contribution is 2.31. The molecule has 21 heavy (non-hydrogen) atoms. The number of fused-ring (bicyclic) bond motifs is 1. The van der Waals surface area contributed by atoms with Crippen molar-refractivity contribution in [3.05, 3.63) is 54.1 Å². The third-order valence-electron chi connectivity index (χ3n) is 3.67. The van der Waals surface area contributed by atoms with Crippen molar-refractivity contribution >= 4 is 17.6 Å². The molecule has 2 aromatic rings. The number of nitrogens with one attached hydrogen (secondary N) is 1. The van der Waals surface area contributed by atoms with E-state index in [0.29, 0.717) is 19.0 Å². The van der Waals surface area contributed by atoms with E-state index in [-0.39, 0.29) is 12.1 Å². The number of hydrogen-bond acceptors (Lipinski definition) is 2. The Morgan fingerprint density at radius 1 is 1.38 bits per heavy atom. The molecule has 3 heterocycles.